The Balaban J connectivity index is 1.53. The highest BCUT2D eigenvalue weighted by molar-refractivity contribution is 7.13. The molecule has 3 rings (SSSR count). The molecule has 0 unspecified atom stereocenters. The molecule has 2 aromatic rings. The van der Waals surface area contributed by atoms with Crippen LogP contribution in [0.15, 0.2) is 29.6 Å². The van der Waals surface area contributed by atoms with Crippen LogP contribution < -0.4 is 10.1 Å². The first-order chi connectivity index (χ1) is 11.2. The van der Waals surface area contributed by atoms with Crippen molar-refractivity contribution in [1.82, 2.24) is 9.88 Å². The lowest BCUT2D eigenvalue weighted by molar-refractivity contribution is 0.0591. The van der Waals surface area contributed by atoms with Gasteiger partial charge in [0.05, 0.1) is 0 Å². The Morgan fingerprint density at radius 3 is 2.61 bits per heavy atom. The second-order valence-corrected chi connectivity index (χ2v) is 6.57. The first-order valence-electron chi connectivity index (χ1n) is 7.81. The first kappa shape index (κ1) is 15.8. The molecule has 2 heterocycles. The molecule has 23 heavy (non-hydrogen) atoms. The van der Waals surface area contributed by atoms with Gasteiger partial charge in [-0.3, -0.25) is 4.79 Å². The minimum Gasteiger partial charge on any atom is -0.490 e. The molecule has 1 fully saturated rings. The van der Waals surface area contributed by atoms with Crippen LogP contribution in [0.4, 0.5) is 5.13 Å². The minimum absolute atomic E-state index is 0.0107. The Bertz CT molecular complexity index is 661. The van der Waals surface area contributed by atoms with Gasteiger partial charge in [0.25, 0.3) is 5.91 Å². The Morgan fingerprint density at radius 1 is 1.30 bits per heavy atom. The fourth-order valence-electron chi connectivity index (χ4n) is 2.63. The maximum atomic E-state index is 12.4. The maximum absolute atomic E-state index is 12.4. The topological polar surface area (TPSA) is 54.5 Å². The van der Waals surface area contributed by atoms with Crippen LogP contribution in [-0.2, 0) is 0 Å². The van der Waals surface area contributed by atoms with Crippen molar-refractivity contribution in [2.45, 2.75) is 25.9 Å². The summed E-state index contributed by atoms with van der Waals surface area (Å²) in [7, 11) is 1.81. The highest BCUT2D eigenvalue weighted by Crippen LogP contribution is 2.22. The number of carbonyl (C=O) groups is 1. The standard InChI is InChI=1S/C17H21N3O2S/c1-12-3-5-13(6-4-12)22-14-7-9-20(10-8-14)16(21)15-11-23-17(18-2)19-15/h3-6,11,14H,7-10H2,1-2H3,(H,18,19). The average Bonchev–Trinajstić information content (AvgIpc) is 3.06. The smallest absolute Gasteiger partial charge is 0.273 e. The molecule has 0 radical (unpaired) electrons. The van der Waals surface area contributed by atoms with Gasteiger partial charge in [-0.15, -0.1) is 11.3 Å². The maximum Gasteiger partial charge on any atom is 0.273 e. The summed E-state index contributed by atoms with van der Waals surface area (Å²) in [5.74, 6) is 0.912. The normalized spacial score (nSPS) is 15.5. The third kappa shape index (κ3) is 3.82. The average molecular weight is 331 g/mol. The van der Waals surface area contributed by atoms with Gasteiger partial charge >= 0.3 is 0 Å². The van der Waals surface area contributed by atoms with Gasteiger partial charge < -0.3 is 15.0 Å². The molecule has 1 N–H and O–H groups in total. The Morgan fingerprint density at radius 2 is 2.00 bits per heavy atom. The number of anilines is 1. The molecular formula is C17H21N3O2S. The molecule has 5 nitrogen and oxygen atoms in total. The van der Waals surface area contributed by atoms with Crippen LogP contribution in [0.2, 0.25) is 0 Å². The molecule has 1 aromatic carbocycles. The van der Waals surface area contributed by atoms with Gasteiger partial charge in [-0.2, -0.15) is 0 Å². The van der Waals surface area contributed by atoms with Crippen molar-refractivity contribution >= 4 is 22.4 Å². The molecule has 6 heteroatoms. The van der Waals surface area contributed by atoms with Crippen LogP contribution in [0.3, 0.4) is 0 Å². The van der Waals surface area contributed by atoms with Crippen LogP contribution in [0.1, 0.15) is 28.9 Å². The van der Waals surface area contributed by atoms with E-state index in [1.165, 1.54) is 16.9 Å². The summed E-state index contributed by atoms with van der Waals surface area (Å²) in [5.41, 5.74) is 1.75. The Labute approximate surface area is 140 Å². The molecule has 0 bridgehead atoms. The fourth-order valence-corrected chi connectivity index (χ4v) is 3.28. The van der Waals surface area contributed by atoms with Gasteiger partial charge in [-0.05, 0) is 19.1 Å². The summed E-state index contributed by atoms with van der Waals surface area (Å²) in [4.78, 5) is 18.6. The molecular weight excluding hydrogens is 310 g/mol. The van der Waals surface area contributed by atoms with E-state index in [-0.39, 0.29) is 12.0 Å². The number of hydrogen-bond acceptors (Lipinski definition) is 5. The predicted octanol–water partition coefficient (Wildman–Crippen LogP) is 3.18. The number of nitrogens with one attached hydrogen (secondary N) is 1. The van der Waals surface area contributed by atoms with Gasteiger partial charge in [0.2, 0.25) is 0 Å². The van der Waals surface area contributed by atoms with Gasteiger partial charge in [0, 0.05) is 38.4 Å². The Kier molecular flexibility index (Phi) is 4.81. The van der Waals surface area contributed by atoms with E-state index >= 15 is 0 Å². The van der Waals surface area contributed by atoms with Crippen molar-refractivity contribution in [3.05, 3.63) is 40.9 Å². The molecule has 0 spiro atoms. The van der Waals surface area contributed by atoms with Crippen molar-refractivity contribution in [1.29, 1.82) is 0 Å². The van der Waals surface area contributed by atoms with E-state index in [1.807, 2.05) is 22.4 Å². The zero-order chi connectivity index (χ0) is 16.2. The number of thiazole rings is 1. The van der Waals surface area contributed by atoms with Crippen molar-refractivity contribution in [2.24, 2.45) is 0 Å². The SMILES string of the molecule is CNc1nc(C(=O)N2CCC(Oc3ccc(C)cc3)CC2)cs1. The fraction of sp³-hybridized carbons (Fsp3) is 0.412. The summed E-state index contributed by atoms with van der Waals surface area (Å²) < 4.78 is 6.00. The van der Waals surface area contributed by atoms with Crippen LogP contribution in [0.25, 0.3) is 0 Å². The van der Waals surface area contributed by atoms with E-state index in [4.69, 9.17) is 4.74 Å². The summed E-state index contributed by atoms with van der Waals surface area (Å²) in [5, 5.41) is 5.54. The van der Waals surface area contributed by atoms with E-state index in [9.17, 15) is 4.79 Å². The molecule has 1 saturated heterocycles. The van der Waals surface area contributed by atoms with Crippen LogP contribution in [-0.4, -0.2) is 42.0 Å². The summed E-state index contributed by atoms with van der Waals surface area (Å²) >= 11 is 1.45. The minimum atomic E-state index is 0.0107. The largest absolute Gasteiger partial charge is 0.490 e. The summed E-state index contributed by atoms with van der Waals surface area (Å²) in [6.45, 7) is 3.48. The number of rotatable bonds is 4. The number of aryl methyl sites for hydroxylation is 1. The van der Waals surface area contributed by atoms with Gasteiger partial charge in [0.15, 0.2) is 5.13 Å². The van der Waals surface area contributed by atoms with Crippen LogP contribution in [0.5, 0.6) is 5.75 Å². The molecule has 1 aliphatic heterocycles. The van der Waals surface area contributed by atoms with Crippen molar-refractivity contribution in [3.63, 3.8) is 0 Å². The van der Waals surface area contributed by atoms with Crippen molar-refractivity contribution in [3.8, 4) is 5.75 Å². The molecule has 0 atom stereocenters. The third-order valence-corrected chi connectivity index (χ3v) is 4.85. The van der Waals surface area contributed by atoms with Gasteiger partial charge in [-0.1, -0.05) is 17.7 Å². The molecule has 122 valence electrons. The number of benzene rings is 1. The molecule has 1 aliphatic rings. The highest BCUT2D eigenvalue weighted by Gasteiger charge is 2.26. The lowest BCUT2D eigenvalue weighted by Crippen LogP contribution is -2.41. The second kappa shape index (κ2) is 7.00. The quantitative estimate of drug-likeness (QED) is 0.935. The zero-order valence-corrected chi connectivity index (χ0v) is 14.2. The zero-order valence-electron chi connectivity index (χ0n) is 13.4. The lowest BCUT2D eigenvalue weighted by atomic mass is 10.1. The number of hydrogen-bond donors (Lipinski definition) is 1. The highest BCUT2D eigenvalue weighted by atomic mass is 32.1. The number of nitrogens with zero attached hydrogens (tertiary/aromatic N) is 2. The van der Waals surface area contributed by atoms with E-state index in [2.05, 4.69) is 29.4 Å². The number of piperidine rings is 1. The number of likely N-dealkylation sites (tertiary alicyclic amines) is 1. The van der Waals surface area contributed by atoms with Gasteiger partial charge in [-0.25, -0.2) is 4.98 Å². The summed E-state index contributed by atoms with van der Waals surface area (Å²) in [6.07, 6.45) is 1.87. The summed E-state index contributed by atoms with van der Waals surface area (Å²) in [6, 6.07) is 8.11. The number of carbonyl (C=O) groups excluding carboxylic acids is 1. The van der Waals surface area contributed by atoms with E-state index in [0.717, 1.165) is 23.7 Å². The molecule has 0 saturated carbocycles. The van der Waals surface area contributed by atoms with Gasteiger partial charge in [0.1, 0.15) is 17.5 Å². The number of ether oxygens (including phenoxy) is 1. The molecule has 0 aliphatic carbocycles. The number of aromatic nitrogens is 1. The Hall–Kier alpha value is -2.08. The van der Waals surface area contributed by atoms with Crippen molar-refractivity contribution in [2.75, 3.05) is 25.5 Å². The second-order valence-electron chi connectivity index (χ2n) is 5.71. The van der Waals surface area contributed by atoms with Crippen LogP contribution in [0, 0.1) is 6.92 Å². The van der Waals surface area contributed by atoms with E-state index in [0.29, 0.717) is 18.8 Å². The molecule has 1 amide bonds. The van der Waals surface area contributed by atoms with E-state index < -0.39 is 0 Å². The van der Waals surface area contributed by atoms with Crippen molar-refractivity contribution < 1.29 is 9.53 Å². The molecule has 1 aromatic heterocycles. The number of amides is 1. The first-order valence-corrected chi connectivity index (χ1v) is 8.69. The predicted molar refractivity (Wildman–Crippen MR) is 92.4 cm³/mol. The van der Waals surface area contributed by atoms with E-state index in [1.54, 1.807) is 7.05 Å². The lowest BCUT2D eigenvalue weighted by Gasteiger charge is -2.31. The third-order valence-electron chi connectivity index (χ3n) is 3.99. The monoisotopic (exact) mass is 331 g/mol. The van der Waals surface area contributed by atoms with Crippen LogP contribution >= 0.6 is 11.3 Å².